The summed E-state index contributed by atoms with van der Waals surface area (Å²) in [4.78, 5) is 39.9. The Labute approximate surface area is 135 Å². The van der Waals surface area contributed by atoms with Gasteiger partial charge in [0, 0.05) is 13.1 Å². The predicted molar refractivity (Wildman–Crippen MR) is 80.8 cm³/mol. The molecule has 0 aliphatic carbocycles. The van der Waals surface area contributed by atoms with Crippen molar-refractivity contribution in [2.75, 3.05) is 25.4 Å². The number of esters is 1. The zero-order valence-electron chi connectivity index (χ0n) is 12.0. The van der Waals surface area contributed by atoms with Crippen molar-refractivity contribution in [2.45, 2.75) is 5.22 Å². The fourth-order valence-corrected chi connectivity index (χ4v) is 2.64. The molecule has 9 heteroatoms. The van der Waals surface area contributed by atoms with E-state index in [0.29, 0.717) is 22.9 Å². The Morgan fingerprint density at radius 2 is 2.22 bits per heavy atom. The van der Waals surface area contributed by atoms with E-state index in [9.17, 15) is 14.4 Å². The van der Waals surface area contributed by atoms with Crippen molar-refractivity contribution in [1.29, 1.82) is 0 Å². The van der Waals surface area contributed by atoms with Crippen LogP contribution < -0.4 is 5.32 Å². The van der Waals surface area contributed by atoms with E-state index in [1.54, 1.807) is 12.1 Å². The quantitative estimate of drug-likeness (QED) is 0.643. The second-order valence-electron chi connectivity index (χ2n) is 4.67. The summed E-state index contributed by atoms with van der Waals surface area (Å²) < 4.78 is 10.3. The van der Waals surface area contributed by atoms with Crippen LogP contribution in [0.4, 0.5) is 4.79 Å². The number of carbonyl (C=O) groups excluding carboxylic acids is 3. The second kappa shape index (κ2) is 6.69. The van der Waals surface area contributed by atoms with E-state index in [4.69, 9.17) is 9.15 Å². The molecule has 1 aliphatic heterocycles. The van der Waals surface area contributed by atoms with Crippen LogP contribution in [0.2, 0.25) is 0 Å². The fraction of sp³-hybridized carbons (Fsp3) is 0.286. The lowest BCUT2D eigenvalue weighted by Gasteiger charge is -2.11. The Balaban J connectivity index is 1.46. The average molecular weight is 335 g/mol. The number of ether oxygens (including phenoxy) is 1. The van der Waals surface area contributed by atoms with Crippen molar-refractivity contribution in [3.63, 3.8) is 0 Å². The molecule has 0 spiro atoms. The number of hydrogen-bond donors (Lipinski definition) is 1. The number of fused-ring (bicyclic) bond motifs is 1. The summed E-state index contributed by atoms with van der Waals surface area (Å²) >= 11 is 1.08. The molecular weight excluding hydrogens is 322 g/mol. The standard InChI is InChI=1S/C14H13N3O5S/c18-11(17-6-5-15-13(17)20)7-21-12(19)8-23-14-16-9-3-1-2-4-10(9)22-14/h1-4H,5-8H2,(H,15,20). The van der Waals surface area contributed by atoms with Gasteiger partial charge in [-0.1, -0.05) is 23.9 Å². The van der Waals surface area contributed by atoms with Crippen LogP contribution in [0.1, 0.15) is 0 Å². The monoisotopic (exact) mass is 335 g/mol. The summed E-state index contributed by atoms with van der Waals surface area (Å²) in [6, 6.07) is 6.79. The van der Waals surface area contributed by atoms with Crippen molar-refractivity contribution < 1.29 is 23.5 Å². The summed E-state index contributed by atoms with van der Waals surface area (Å²) in [7, 11) is 0. The van der Waals surface area contributed by atoms with Gasteiger partial charge in [0.05, 0.1) is 0 Å². The van der Waals surface area contributed by atoms with Crippen LogP contribution >= 0.6 is 11.8 Å². The molecule has 2 aromatic rings. The minimum atomic E-state index is -0.579. The van der Waals surface area contributed by atoms with Crippen LogP contribution in [0.15, 0.2) is 33.9 Å². The first-order chi connectivity index (χ1) is 11.1. The maximum absolute atomic E-state index is 11.7. The average Bonchev–Trinajstić information content (AvgIpc) is 3.16. The number of carbonyl (C=O) groups is 3. The Bertz CT molecular complexity index is 727. The molecule has 3 rings (SSSR count). The van der Waals surface area contributed by atoms with Crippen LogP contribution in [-0.4, -0.2) is 53.2 Å². The Kier molecular flexibility index (Phi) is 4.47. The molecule has 1 saturated heterocycles. The van der Waals surface area contributed by atoms with Gasteiger partial charge < -0.3 is 14.5 Å². The van der Waals surface area contributed by atoms with Crippen molar-refractivity contribution in [3.05, 3.63) is 24.3 Å². The zero-order chi connectivity index (χ0) is 16.2. The molecule has 3 amide bonds. The molecule has 1 aromatic heterocycles. The number of nitrogens with zero attached hydrogens (tertiary/aromatic N) is 2. The topological polar surface area (TPSA) is 102 Å². The predicted octanol–water partition coefficient (Wildman–Crippen LogP) is 1.01. The highest BCUT2D eigenvalue weighted by Crippen LogP contribution is 2.23. The van der Waals surface area contributed by atoms with Gasteiger partial charge in [0.15, 0.2) is 12.2 Å². The smallest absolute Gasteiger partial charge is 0.324 e. The first-order valence-electron chi connectivity index (χ1n) is 6.85. The van der Waals surface area contributed by atoms with Crippen LogP contribution in [0.5, 0.6) is 0 Å². The molecule has 0 atom stereocenters. The molecular formula is C14H13N3O5S. The van der Waals surface area contributed by atoms with Crippen molar-refractivity contribution in [2.24, 2.45) is 0 Å². The van der Waals surface area contributed by atoms with Crippen molar-refractivity contribution in [3.8, 4) is 0 Å². The highest BCUT2D eigenvalue weighted by atomic mass is 32.2. The largest absolute Gasteiger partial charge is 0.455 e. The molecule has 2 heterocycles. The molecule has 0 unspecified atom stereocenters. The third kappa shape index (κ3) is 3.62. The molecule has 1 fully saturated rings. The highest BCUT2D eigenvalue weighted by molar-refractivity contribution is 7.99. The van der Waals surface area contributed by atoms with E-state index in [1.807, 2.05) is 12.1 Å². The van der Waals surface area contributed by atoms with Gasteiger partial charge in [-0.2, -0.15) is 0 Å². The normalized spacial score (nSPS) is 14.1. The van der Waals surface area contributed by atoms with Crippen molar-refractivity contribution >= 4 is 40.8 Å². The van der Waals surface area contributed by atoms with Gasteiger partial charge in [-0.3, -0.25) is 14.5 Å². The molecule has 1 N–H and O–H groups in total. The summed E-state index contributed by atoms with van der Waals surface area (Å²) in [5.41, 5.74) is 1.34. The van der Waals surface area contributed by atoms with Gasteiger partial charge in [-0.25, -0.2) is 9.78 Å². The number of para-hydroxylation sites is 2. The van der Waals surface area contributed by atoms with E-state index in [2.05, 4.69) is 10.3 Å². The Hall–Kier alpha value is -2.55. The Morgan fingerprint density at radius 3 is 2.96 bits per heavy atom. The molecule has 120 valence electrons. The summed E-state index contributed by atoms with van der Waals surface area (Å²) in [5, 5.41) is 2.85. The summed E-state index contributed by atoms with van der Waals surface area (Å²) in [6.45, 7) is 0.235. The Morgan fingerprint density at radius 1 is 1.39 bits per heavy atom. The molecule has 0 bridgehead atoms. The number of aromatic nitrogens is 1. The molecule has 23 heavy (non-hydrogen) atoms. The molecule has 0 radical (unpaired) electrons. The van der Waals surface area contributed by atoms with Crippen LogP contribution in [-0.2, 0) is 14.3 Å². The summed E-state index contributed by atoms with van der Waals surface area (Å²) in [6.07, 6.45) is 0. The third-order valence-electron chi connectivity index (χ3n) is 3.10. The van der Waals surface area contributed by atoms with E-state index in [0.717, 1.165) is 16.7 Å². The number of rotatable bonds is 5. The fourth-order valence-electron chi connectivity index (χ4n) is 2.00. The number of benzene rings is 1. The van der Waals surface area contributed by atoms with E-state index in [-0.39, 0.29) is 12.3 Å². The van der Waals surface area contributed by atoms with Crippen molar-refractivity contribution in [1.82, 2.24) is 15.2 Å². The highest BCUT2D eigenvalue weighted by Gasteiger charge is 2.26. The zero-order valence-corrected chi connectivity index (χ0v) is 12.8. The lowest BCUT2D eigenvalue weighted by Crippen LogP contribution is -2.37. The number of nitrogens with one attached hydrogen (secondary N) is 1. The molecule has 0 saturated carbocycles. The van der Waals surface area contributed by atoms with Gasteiger partial charge in [-0.05, 0) is 12.1 Å². The first-order valence-corrected chi connectivity index (χ1v) is 7.84. The van der Waals surface area contributed by atoms with Crippen LogP contribution in [0.25, 0.3) is 11.1 Å². The van der Waals surface area contributed by atoms with Crippen LogP contribution in [0.3, 0.4) is 0 Å². The summed E-state index contributed by atoms with van der Waals surface area (Å²) in [5.74, 6) is -1.16. The molecule has 8 nitrogen and oxygen atoms in total. The number of oxazole rings is 1. The maximum Gasteiger partial charge on any atom is 0.324 e. The SMILES string of the molecule is O=C(CSc1nc2ccccc2o1)OCC(=O)N1CCNC1=O. The molecule has 1 aliphatic rings. The van der Waals surface area contributed by atoms with Gasteiger partial charge in [0.2, 0.25) is 0 Å². The van der Waals surface area contributed by atoms with E-state index in [1.165, 1.54) is 0 Å². The van der Waals surface area contributed by atoms with Gasteiger partial charge in [0.25, 0.3) is 11.1 Å². The number of imide groups is 1. The maximum atomic E-state index is 11.7. The minimum Gasteiger partial charge on any atom is -0.455 e. The lowest BCUT2D eigenvalue weighted by atomic mass is 10.3. The van der Waals surface area contributed by atoms with Gasteiger partial charge in [0.1, 0.15) is 11.3 Å². The van der Waals surface area contributed by atoms with Crippen LogP contribution in [0, 0.1) is 0 Å². The molecule has 1 aromatic carbocycles. The number of thioether (sulfide) groups is 1. The van der Waals surface area contributed by atoms with E-state index >= 15 is 0 Å². The number of hydrogen-bond acceptors (Lipinski definition) is 7. The van der Waals surface area contributed by atoms with E-state index < -0.39 is 24.5 Å². The number of amides is 3. The van der Waals surface area contributed by atoms with Gasteiger partial charge >= 0.3 is 12.0 Å². The third-order valence-corrected chi connectivity index (χ3v) is 3.90. The second-order valence-corrected chi connectivity index (χ2v) is 5.60. The lowest BCUT2D eigenvalue weighted by molar-refractivity contribution is -0.148. The number of urea groups is 1. The minimum absolute atomic E-state index is 0.0354. The first kappa shape index (κ1) is 15.3. The van der Waals surface area contributed by atoms with Gasteiger partial charge in [-0.15, -0.1) is 0 Å².